The quantitative estimate of drug-likeness (QED) is 0.505. The molecule has 0 aromatic rings. The summed E-state index contributed by atoms with van der Waals surface area (Å²) in [5.41, 5.74) is 0. The Morgan fingerprint density at radius 3 is 3.00 bits per heavy atom. The summed E-state index contributed by atoms with van der Waals surface area (Å²) in [6, 6.07) is 0.718. The van der Waals surface area contributed by atoms with Gasteiger partial charge in [0.05, 0.1) is 0 Å². The van der Waals surface area contributed by atoms with E-state index in [2.05, 4.69) is 24.2 Å². The molecule has 1 heterocycles. The summed E-state index contributed by atoms with van der Waals surface area (Å²) in [7, 11) is 2.18. The van der Waals surface area contributed by atoms with Crippen LogP contribution >= 0.6 is 0 Å². The van der Waals surface area contributed by atoms with Crippen LogP contribution in [0.4, 0.5) is 0 Å². The highest BCUT2D eigenvalue weighted by atomic mass is 15.1. The molecule has 0 bridgehead atoms. The zero-order chi connectivity index (χ0) is 6.69. The van der Waals surface area contributed by atoms with E-state index in [1.165, 1.54) is 19.5 Å². The van der Waals surface area contributed by atoms with Crippen LogP contribution in [0.2, 0.25) is 0 Å². The van der Waals surface area contributed by atoms with Gasteiger partial charge in [0.25, 0.3) is 0 Å². The van der Waals surface area contributed by atoms with Crippen molar-refractivity contribution in [1.82, 2.24) is 10.2 Å². The number of likely N-dealkylation sites (N-methyl/N-ethyl adjacent to an activating group) is 1. The minimum Gasteiger partial charge on any atom is -0.313 e. The Kier molecular flexibility index (Phi) is 2.49. The standard InChI is InChI=1S/C7H16N2/c1-7-3-5-9(2)6-4-8-7/h7-8H,3-6H2,1-2H3/t7-/m0/s1. The highest BCUT2D eigenvalue weighted by Gasteiger charge is 2.07. The molecule has 1 atom stereocenters. The molecule has 0 unspecified atom stereocenters. The predicted octanol–water partition coefficient (Wildman–Crippen LogP) is 0.300. The molecule has 9 heavy (non-hydrogen) atoms. The molecule has 0 amide bonds. The first kappa shape index (κ1) is 7.03. The Labute approximate surface area is 57.2 Å². The normalized spacial score (nSPS) is 32.0. The van der Waals surface area contributed by atoms with Crippen molar-refractivity contribution in [3.63, 3.8) is 0 Å². The molecule has 1 saturated heterocycles. The van der Waals surface area contributed by atoms with Crippen molar-refractivity contribution in [2.45, 2.75) is 19.4 Å². The first-order valence-electron chi connectivity index (χ1n) is 3.71. The molecule has 0 spiro atoms. The summed E-state index contributed by atoms with van der Waals surface area (Å²) < 4.78 is 0. The van der Waals surface area contributed by atoms with Crippen LogP contribution in [0, 0.1) is 0 Å². The van der Waals surface area contributed by atoms with Crippen LogP contribution in [0.5, 0.6) is 0 Å². The zero-order valence-corrected chi connectivity index (χ0v) is 6.35. The predicted molar refractivity (Wildman–Crippen MR) is 39.6 cm³/mol. The molecule has 0 radical (unpaired) electrons. The van der Waals surface area contributed by atoms with E-state index in [1.54, 1.807) is 0 Å². The number of hydrogen-bond donors (Lipinski definition) is 1. The van der Waals surface area contributed by atoms with Crippen molar-refractivity contribution in [3.05, 3.63) is 0 Å². The maximum Gasteiger partial charge on any atom is 0.0104 e. The largest absolute Gasteiger partial charge is 0.313 e. The Hall–Kier alpha value is -0.0800. The van der Waals surface area contributed by atoms with Gasteiger partial charge in [-0.2, -0.15) is 0 Å². The van der Waals surface area contributed by atoms with E-state index in [1.807, 2.05) is 0 Å². The van der Waals surface area contributed by atoms with Crippen LogP contribution in [0.15, 0.2) is 0 Å². The Morgan fingerprint density at radius 2 is 2.22 bits per heavy atom. The monoisotopic (exact) mass is 128 g/mol. The molecule has 0 aliphatic carbocycles. The van der Waals surface area contributed by atoms with Crippen LogP contribution in [0.25, 0.3) is 0 Å². The summed E-state index contributed by atoms with van der Waals surface area (Å²) in [5, 5.41) is 3.43. The lowest BCUT2D eigenvalue weighted by Crippen LogP contribution is -2.27. The second kappa shape index (κ2) is 3.18. The number of nitrogens with zero attached hydrogens (tertiary/aromatic N) is 1. The number of nitrogens with one attached hydrogen (secondary N) is 1. The van der Waals surface area contributed by atoms with E-state index in [0.717, 1.165) is 12.6 Å². The van der Waals surface area contributed by atoms with Crippen molar-refractivity contribution in [1.29, 1.82) is 0 Å². The fourth-order valence-electron chi connectivity index (χ4n) is 1.13. The maximum absolute atomic E-state index is 3.43. The maximum atomic E-state index is 3.43. The van der Waals surface area contributed by atoms with Crippen molar-refractivity contribution in [2.24, 2.45) is 0 Å². The van der Waals surface area contributed by atoms with Crippen LogP contribution in [0.1, 0.15) is 13.3 Å². The fraction of sp³-hybridized carbons (Fsp3) is 1.00. The summed E-state index contributed by atoms with van der Waals surface area (Å²) in [4.78, 5) is 2.37. The molecule has 0 aromatic carbocycles. The summed E-state index contributed by atoms with van der Waals surface area (Å²) in [6.45, 7) is 5.84. The second-order valence-corrected chi connectivity index (χ2v) is 2.95. The Balaban J connectivity index is 2.25. The van der Waals surface area contributed by atoms with Gasteiger partial charge in [-0.1, -0.05) is 0 Å². The minimum atomic E-state index is 0.718. The first-order chi connectivity index (χ1) is 4.29. The van der Waals surface area contributed by atoms with Gasteiger partial charge in [-0.25, -0.2) is 0 Å². The van der Waals surface area contributed by atoms with Gasteiger partial charge in [-0.3, -0.25) is 0 Å². The van der Waals surface area contributed by atoms with Crippen molar-refractivity contribution in [2.75, 3.05) is 26.7 Å². The van der Waals surface area contributed by atoms with E-state index in [9.17, 15) is 0 Å². The molecule has 1 rings (SSSR count). The van der Waals surface area contributed by atoms with Crippen molar-refractivity contribution in [3.8, 4) is 0 Å². The lowest BCUT2D eigenvalue weighted by atomic mass is 10.2. The Bertz CT molecular complexity index is 73.0. The fourth-order valence-corrected chi connectivity index (χ4v) is 1.13. The number of hydrogen-bond acceptors (Lipinski definition) is 2. The summed E-state index contributed by atoms with van der Waals surface area (Å²) in [5.74, 6) is 0. The molecule has 0 saturated carbocycles. The summed E-state index contributed by atoms with van der Waals surface area (Å²) in [6.07, 6.45) is 1.29. The molecule has 1 aliphatic heterocycles. The van der Waals surface area contributed by atoms with Gasteiger partial charge in [0.1, 0.15) is 0 Å². The van der Waals surface area contributed by atoms with Gasteiger partial charge in [0, 0.05) is 19.1 Å². The average Bonchev–Trinajstić information content (AvgIpc) is 1.97. The third-order valence-electron chi connectivity index (χ3n) is 1.93. The molecule has 0 aromatic heterocycles. The highest BCUT2D eigenvalue weighted by Crippen LogP contribution is 1.96. The SMILES string of the molecule is C[C@H]1CCN(C)CCN1. The molecule has 1 aliphatic rings. The topological polar surface area (TPSA) is 15.3 Å². The third kappa shape index (κ3) is 2.33. The highest BCUT2D eigenvalue weighted by molar-refractivity contribution is 4.68. The van der Waals surface area contributed by atoms with Gasteiger partial charge in [0.2, 0.25) is 0 Å². The Morgan fingerprint density at radius 1 is 1.44 bits per heavy atom. The van der Waals surface area contributed by atoms with Gasteiger partial charge >= 0.3 is 0 Å². The smallest absolute Gasteiger partial charge is 0.0104 e. The van der Waals surface area contributed by atoms with Crippen LogP contribution in [-0.4, -0.2) is 37.6 Å². The molecule has 2 heteroatoms. The van der Waals surface area contributed by atoms with Crippen LogP contribution < -0.4 is 5.32 Å². The molecule has 1 N–H and O–H groups in total. The minimum absolute atomic E-state index is 0.718. The molecule has 1 fully saturated rings. The van der Waals surface area contributed by atoms with E-state index < -0.39 is 0 Å². The van der Waals surface area contributed by atoms with Gasteiger partial charge in [0.15, 0.2) is 0 Å². The van der Waals surface area contributed by atoms with Gasteiger partial charge in [-0.15, -0.1) is 0 Å². The van der Waals surface area contributed by atoms with Gasteiger partial charge < -0.3 is 10.2 Å². The summed E-state index contributed by atoms with van der Waals surface area (Å²) >= 11 is 0. The zero-order valence-electron chi connectivity index (χ0n) is 6.35. The molecule has 54 valence electrons. The van der Waals surface area contributed by atoms with E-state index in [-0.39, 0.29) is 0 Å². The third-order valence-corrected chi connectivity index (χ3v) is 1.93. The molecular weight excluding hydrogens is 112 g/mol. The van der Waals surface area contributed by atoms with E-state index >= 15 is 0 Å². The average molecular weight is 128 g/mol. The van der Waals surface area contributed by atoms with Crippen molar-refractivity contribution >= 4 is 0 Å². The number of rotatable bonds is 0. The molecular formula is C7H16N2. The van der Waals surface area contributed by atoms with Crippen LogP contribution in [0.3, 0.4) is 0 Å². The molecule has 2 nitrogen and oxygen atoms in total. The lowest BCUT2D eigenvalue weighted by molar-refractivity contribution is 0.356. The van der Waals surface area contributed by atoms with Crippen LogP contribution in [-0.2, 0) is 0 Å². The van der Waals surface area contributed by atoms with E-state index in [0.29, 0.717) is 0 Å². The second-order valence-electron chi connectivity index (χ2n) is 2.95. The van der Waals surface area contributed by atoms with E-state index in [4.69, 9.17) is 0 Å². The van der Waals surface area contributed by atoms with Gasteiger partial charge in [-0.05, 0) is 26.9 Å². The lowest BCUT2D eigenvalue weighted by Gasteiger charge is -2.10. The first-order valence-corrected chi connectivity index (χ1v) is 3.71. The van der Waals surface area contributed by atoms with Crippen molar-refractivity contribution < 1.29 is 0 Å².